The molecule has 0 radical (unpaired) electrons. The van der Waals surface area contributed by atoms with Crippen LogP contribution < -0.4 is 5.56 Å². The largest absolute Gasteiger partial charge is 0.309 e. The lowest BCUT2D eigenvalue weighted by Crippen LogP contribution is -2.21. The molecule has 0 fully saturated rings. The van der Waals surface area contributed by atoms with E-state index in [9.17, 15) is 4.79 Å². The van der Waals surface area contributed by atoms with E-state index in [1.165, 1.54) is 21.6 Å². The minimum absolute atomic E-state index is 0.0269. The van der Waals surface area contributed by atoms with E-state index in [2.05, 4.69) is 55.0 Å². The molecule has 26 heavy (non-hydrogen) atoms. The van der Waals surface area contributed by atoms with Gasteiger partial charge in [-0.25, -0.2) is 4.98 Å². The predicted octanol–water partition coefficient (Wildman–Crippen LogP) is 4.23. The summed E-state index contributed by atoms with van der Waals surface area (Å²) in [5.74, 6) is 1.30. The zero-order valence-electron chi connectivity index (χ0n) is 15.6. The smallest absolute Gasteiger partial charge is 0.259 e. The van der Waals surface area contributed by atoms with Crippen molar-refractivity contribution in [1.29, 1.82) is 0 Å². The SMILES string of the molecule is CC(C)c1ccc(CN(C)Cc2nc3sc4c(c3c(=O)[nH]2)CCC4)cc1. The Hall–Kier alpha value is -1.98. The van der Waals surface area contributed by atoms with E-state index in [-0.39, 0.29) is 5.56 Å². The molecule has 0 saturated heterocycles. The van der Waals surface area contributed by atoms with Gasteiger partial charge in [-0.1, -0.05) is 38.1 Å². The third-order valence-electron chi connectivity index (χ3n) is 5.14. The average Bonchev–Trinajstić information content (AvgIpc) is 3.15. The Kier molecular flexibility index (Phi) is 4.67. The van der Waals surface area contributed by atoms with Gasteiger partial charge < -0.3 is 4.98 Å². The number of aromatic nitrogens is 2. The summed E-state index contributed by atoms with van der Waals surface area (Å²) >= 11 is 1.70. The number of aromatic amines is 1. The number of hydrogen-bond donors (Lipinski definition) is 1. The Morgan fingerprint density at radius 3 is 2.69 bits per heavy atom. The first-order valence-corrected chi connectivity index (χ1v) is 10.1. The van der Waals surface area contributed by atoms with Gasteiger partial charge in [0.1, 0.15) is 10.7 Å². The maximum Gasteiger partial charge on any atom is 0.259 e. The van der Waals surface area contributed by atoms with Crippen molar-refractivity contribution in [3.05, 3.63) is 62.0 Å². The van der Waals surface area contributed by atoms with Crippen molar-refractivity contribution >= 4 is 21.6 Å². The number of rotatable bonds is 5. The normalized spacial score (nSPS) is 13.9. The second-order valence-electron chi connectivity index (χ2n) is 7.62. The Morgan fingerprint density at radius 1 is 1.19 bits per heavy atom. The van der Waals surface area contributed by atoms with Crippen LogP contribution in [0, 0.1) is 0 Å². The second kappa shape index (κ2) is 6.97. The van der Waals surface area contributed by atoms with E-state index in [0.29, 0.717) is 12.5 Å². The summed E-state index contributed by atoms with van der Waals surface area (Å²) in [7, 11) is 2.06. The van der Waals surface area contributed by atoms with Crippen LogP contribution in [-0.2, 0) is 25.9 Å². The van der Waals surface area contributed by atoms with Crippen LogP contribution in [0.4, 0.5) is 0 Å². The van der Waals surface area contributed by atoms with Crippen LogP contribution >= 0.6 is 11.3 Å². The molecule has 5 heteroatoms. The Bertz CT molecular complexity index is 985. The summed E-state index contributed by atoms with van der Waals surface area (Å²) in [6.45, 7) is 5.89. The van der Waals surface area contributed by atoms with Gasteiger partial charge in [-0.2, -0.15) is 0 Å². The molecule has 0 spiro atoms. The number of aryl methyl sites for hydroxylation is 2. The molecule has 0 saturated carbocycles. The van der Waals surface area contributed by atoms with Crippen LogP contribution in [-0.4, -0.2) is 21.9 Å². The standard InChI is InChI=1S/C21H25N3OS/c1-13(2)15-9-7-14(8-10-15)11-24(3)12-18-22-20(25)19-16-5-4-6-17(16)26-21(19)23-18/h7-10,13H,4-6,11-12H2,1-3H3,(H,22,23,25). The molecule has 136 valence electrons. The molecule has 2 heterocycles. The summed E-state index contributed by atoms with van der Waals surface area (Å²) in [4.78, 5) is 24.8. The predicted molar refractivity (Wildman–Crippen MR) is 108 cm³/mol. The van der Waals surface area contributed by atoms with Crippen LogP contribution in [0.5, 0.6) is 0 Å². The van der Waals surface area contributed by atoms with Crippen LogP contribution in [0.15, 0.2) is 29.1 Å². The van der Waals surface area contributed by atoms with Crippen molar-refractivity contribution in [1.82, 2.24) is 14.9 Å². The molecule has 4 rings (SSSR count). The van der Waals surface area contributed by atoms with Crippen molar-refractivity contribution in [2.45, 2.75) is 52.1 Å². The highest BCUT2D eigenvalue weighted by atomic mass is 32.1. The first kappa shape index (κ1) is 17.4. The summed E-state index contributed by atoms with van der Waals surface area (Å²) in [6, 6.07) is 8.78. The third-order valence-corrected chi connectivity index (χ3v) is 6.33. The van der Waals surface area contributed by atoms with Gasteiger partial charge in [-0.3, -0.25) is 9.69 Å². The molecule has 0 atom stereocenters. The van der Waals surface area contributed by atoms with Gasteiger partial charge in [0.05, 0.1) is 11.9 Å². The van der Waals surface area contributed by atoms with E-state index in [1.807, 2.05) is 0 Å². The summed E-state index contributed by atoms with van der Waals surface area (Å²) in [6.07, 6.45) is 3.28. The van der Waals surface area contributed by atoms with E-state index < -0.39 is 0 Å². The topological polar surface area (TPSA) is 49.0 Å². The Balaban J connectivity index is 1.50. The molecule has 2 aromatic heterocycles. The first-order valence-electron chi connectivity index (χ1n) is 9.32. The van der Waals surface area contributed by atoms with Gasteiger partial charge in [0.15, 0.2) is 0 Å². The number of benzene rings is 1. The quantitative estimate of drug-likeness (QED) is 0.734. The lowest BCUT2D eigenvalue weighted by atomic mass is 10.0. The zero-order chi connectivity index (χ0) is 18.3. The molecule has 1 aliphatic carbocycles. The first-order chi connectivity index (χ1) is 12.5. The summed E-state index contributed by atoms with van der Waals surface area (Å²) in [5, 5.41) is 0.832. The minimum Gasteiger partial charge on any atom is -0.309 e. The highest BCUT2D eigenvalue weighted by Crippen LogP contribution is 2.34. The highest BCUT2D eigenvalue weighted by molar-refractivity contribution is 7.18. The van der Waals surface area contributed by atoms with E-state index in [4.69, 9.17) is 4.98 Å². The molecule has 1 N–H and O–H groups in total. The summed E-state index contributed by atoms with van der Waals surface area (Å²) < 4.78 is 0. The summed E-state index contributed by atoms with van der Waals surface area (Å²) in [5.41, 5.74) is 3.90. The van der Waals surface area contributed by atoms with Crippen LogP contribution in [0.3, 0.4) is 0 Å². The van der Waals surface area contributed by atoms with Gasteiger partial charge in [0, 0.05) is 11.4 Å². The van der Waals surface area contributed by atoms with Crippen LogP contribution in [0.1, 0.15) is 53.6 Å². The zero-order valence-corrected chi connectivity index (χ0v) is 16.4. The van der Waals surface area contributed by atoms with Gasteiger partial charge in [0.25, 0.3) is 5.56 Å². The molecule has 1 aromatic carbocycles. The molecule has 0 unspecified atom stereocenters. The highest BCUT2D eigenvalue weighted by Gasteiger charge is 2.21. The van der Waals surface area contributed by atoms with E-state index in [1.54, 1.807) is 11.3 Å². The molecule has 0 bridgehead atoms. The second-order valence-corrected chi connectivity index (χ2v) is 8.70. The van der Waals surface area contributed by atoms with Gasteiger partial charge in [0.2, 0.25) is 0 Å². The fraction of sp³-hybridized carbons (Fsp3) is 0.429. The number of H-pyrrole nitrogens is 1. The van der Waals surface area contributed by atoms with Crippen molar-refractivity contribution in [2.75, 3.05) is 7.05 Å². The van der Waals surface area contributed by atoms with Crippen molar-refractivity contribution in [3.63, 3.8) is 0 Å². The number of thiophene rings is 1. The van der Waals surface area contributed by atoms with Crippen molar-refractivity contribution in [3.8, 4) is 0 Å². The van der Waals surface area contributed by atoms with Crippen LogP contribution in [0.25, 0.3) is 10.2 Å². The number of fused-ring (bicyclic) bond motifs is 3. The van der Waals surface area contributed by atoms with E-state index >= 15 is 0 Å². The van der Waals surface area contributed by atoms with Crippen molar-refractivity contribution < 1.29 is 0 Å². The van der Waals surface area contributed by atoms with E-state index in [0.717, 1.165) is 41.8 Å². The maximum atomic E-state index is 12.6. The number of hydrogen-bond acceptors (Lipinski definition) is 4. The molecule has 4 nitrogen and oxygen atoms in total. The molecule has 1 aliphatic rings. The van der Waals surface area contributed by atoms with Gasteiger partial charge in [-0.05, 0) is 48.9 Å². The Morgan fingerprint density at radius 2 is 1.96 bits per heavy atom. The van der Waals surface area contributed by atoms with Gasteiger partial charge in [-0.15, -0.1) is 11.3 Å². The molecule has 0 amide bonds. The number of nitrogens with zero attached hydrogens (tertiary/aromatic N) is 2. The van der Waals surface area contributed by atoms with Gasteiger partial charge >= 0.3 is 0 Å². The average molecular weight is 368 g/mol. The molecule has 0 aliphatic heterocycles. The number of nitrogens with one attached hydrogen (secondary N) is 1. The lowest BCUT2D eigenvalue weighted by molar-refractivity contribution is 0.311. The fourth-order valence-corrected chi connectivity index (χ4v) is 5.03. The Labute approximate surface area is 157 Å². The monoisotopic (exact) mass is 367 g/mol. The van der Waals surface area contributed by atoms with Crippen LogP contribution in [0.2, 0.25) is 0 Å². The fourth-order valence-electron chi connectivity index (χ4n) is 3.75. The maximum absolute atomic E-state index is 12.6. The lowest BCUT2D eigenvalue weighted by Gasteiger charge is -2.16. The molecular formula is C21H25N3OS. The minimum atomic E-state index is 0.0269. The third kappa shape index (κ3) is 3.33. The van der Waals surface area contributed by atoms with Crippen molar-refractivity contribution in [2.24, 2.45) is 0 Å². The molecule has 3 aromatic rings. The molecular weight excluding hydrogens is 342 g/mol.